The van der Waals surface area contributed by atoms with Gasteiger partial charge in [0.25, 0.3) is 0 Å². The maximum Gasteiger partial charge on any atom is 0.416 e. The van der Waals surface area contributed by atoms with Crippen LogP contribution < -0.4 is 20.1 Å². The summed E-state index contributed by atoms with van der Waals surface area (Å²) in [5.74, 6) is -2.30. The largest absolute Gasteiger partial charge is 0.493 e. The minimum Gasteiger partial charge on any atom is -0.493 e. The number of amides is 1. The first kappa shape index (κ1) is 28.3. The number of carbonyl (C=O) groups is 1. The lowest BCUT2D eigenvalue weighted by atomic mass is 10.00. The van der Waals surface area contributed by atoms with E-state index in [1.807, 2.05) is 0 Å². The molecule has 2 heterocycles. The van der Waals surface area contributed by atoms with Crippen LogP contribution in [0.25, 0.3) is 22.2 Å². The minimum absolute atomic E-state index is 0.0596. The normalized spacial score (nSPS) is 11.6. The molecule has 1 amide bonds. The third-order valence-corrected chi connectivity index (χ3v) is 6.45. The molecule has 0 aliphatic rings. The van der Waals surface area contributed by atoms with E-state index in [0.717, 1.165) is 39.8 Å². The Morgan fingerprint density at radius 2 is 1.83 bits per heavy atom. The highest BCUT2D eigenvalue weighted by atomic mass is 19.4. The molecule has 218 valence electrons. The zero-order valence-electron chi connectivity index (χ0n) is 21.9. The van der Waals surface area contributed by atoms with Gasteiger partial charge in [0, 0.05) is 18.3 Å². The number of carbonyl (C=O) groups excluding carboxylic acids is 1. The second-order valence-electron chi connectivity index (χ2n) is 9.07. The number of ether oxygens (including phenoxy) is 2. The first-order chi connectivity index (χ1) is 20.0. The molecule has 5 aromatic rings. The van der Waals surface area contributed by atoms with Gasteiger partial charge in [-0.2, -0.15) is 18.3 Å². The number of alkyl halides is 3. The highest BCUT2D eigenvalue weighted by Gasteiger charge is 2.33. The third-order valence-electron chi connectivity index (χ3n) is 6.45. The molecule has 0 spiro atoms. The number of H-pyrrole nitrogens is 2. The van der Waals surface area contributed by atoms with Gasteiger partial charge in [-0.3, -0.25) is 14.5 Å². The smallest absolute Gasteiger partial charge is 0.416 e. The summed E-state index contributed by atoms with van der Waals surface area (Å²) in [4.78, 5) is 33.4. The Morgan fingerprint density at radius 1 is 1.10 bits per heavy atom. The Labute approximate surface area is 233 Å². The van der Waals surface area contributed by atoms with Crippen molar-refractivity contribution < 1.29 is 36.2 Å². The average Bonchev–Trinajstić information content (AvgIpc) is 3.58. The van der Waals surface area contributed by atoms with E-state index in [2.05, 4.69) is 20.2 Å². The first-order valence-corrected chi connectivity index (χ1v) is 12.2. The number of halogens is 5. The summed E-state index contributed by atoms with van der Waals surface area (Å²) in [5.41, 5.74) is -2.24. The number of methoxy groups -OCH3 is 1. The number of likely N-dealkylation sites (N-methyl/N-ethyl adjacent to an activating group) is 1. The molecule has 5 rings (SSSR count). The number of nitrogens with zero attached hydrogens (tertiary/aromatic N) is 4. The Kier molecular flexibility index (Phi) is 7.41. The van der Waals surface area contributed by atoms with Gasteiger partial charge in [0.05, 0.1) is 23.7 Å². The van der Waals surface area contributed by atoms with Crippen LogP contribution in [0.2, 0.25) is 0 Å². The lowest BCUT2D eigenvalue weighted by Crippen LogP contribution is -2.33. The standard InChI is InChI=1S/C27H21F5N6O4/c1-37(17-5-3-16(28)4-6-17)23(39)11-38-20-10-15(27(30,31)32)9-18(24(20)35-26(38)40)14-7-19(29)25(21(8-14)41-2)42-12-22-33-13-34-36-22/h3-10,13H,11-12H2,1-2H3,(H,35,40)(H,33,34,36). The van der Waals surface area contributed by atoms with Gasteiger partial charge in [-0.15, -0.1) is 0 Å². The van der Waals surface area contributed by atoms with E-state index in [1.165, 1.54) is 38.7 Å². The number of nitrogens with one attached hydrogen (secondary N) is 2. The summed E-state index contributed by atoms with van der Waals surface area (Å²) in [6.07, 6.45) is -3.62. The zero-order chi connectivity index (χ0) is 30.2. The minimum atomic E-state index is -4.85. The molecule has 0 bridgehead atoms. The Bertz CT molecular complexity index is 1810. The zero-order valence-corrected chi connectivity index (χ0v) is 21.9. The van der Waals surface area contributed by atoms with Crippen LogP contribution in [0.15, 0.2) is 59.7 Å². The molecule has 0 fully saturated rings. The number of fused-ring (bicyclic) bond motifs is 1. The van der Waals surface area contributed by atoms with E-state index in [1.54, 1.807) is 0 Å². The molecular formula is C27H21F5N6O4. The van der Waals surface area contributed by atoms with Crippen molar-refractivity contribution in [2.75, 3.05) is 19.1 Å². The summed E-state index contributed by atoms with van der Waals surface area (Å²) in [6.45, 7) is -0.837. The first-order valence-electron chi connectivity index (χ1n) is 12.2. The molecule has 2 N–H and O–H groups in total. The number of rotatable bonds is 8. The second kappa shape index (κ2) is 11.0. The molecule has 0 saturated carbocycles. The fourth-order valence-corrected chi connectivity index (χ4v) is 4.31. The lowest BCUT2D eigenvalue weighted by molar-refractivity contribution is -0.137. The van der Waals surface area contributed by atoms with Crippen molar-refractivity contribution in [3.63, 3.8) is 0 Å². The molecule has 0 aliphatic heterocycles. The SMILES string of the molecule is COc1cc(-c2cc(C(F)(F)F)cc3c2[nH]c(=O)n3CC(=O)N(C)c2ccc(F)cc2)cc(F)c1OCc1ncn[nH]1. The highest BCUT2D eigenvalue weighted by molar-refractivity contribution is 5.96. The van der Waals surface area contributed by atoms with Crippen molar-refractivity contribution >= 4 is 22.6 Å². The van der Waals surface area contributed by atoms with E-state index >= 15 is 4.39 Å². The Balaban J connectivity index is 1.58. The Hall–Kier alpha value is -5.21. The monoisotopic (exact) mass is 588 g/mol. The molecule has 3 aromatic carbocycles. The van der Waals surface area contributed by atoms with E-state index in [4.69, 9.17) is 9.47 Å². The van der Waals surface area contributed by atoms with Gasteiger partial charge in [-0.25, -0.2) is 18.6 Å². The van der Waals surface area contributed by atoms with Crippen molar-refractivity contribution in [2.24, 2.45) is 0 Å². The molecule has 10 nitrogen and oxygen atoms in total. The van der Waals surface area contributed by atoms with Crippen LogP contribution in [0.1, 0.15) is 11.4 Å². The summed E-state index contributed by atoms with van der Waals surface area (Å²) in [5, 5.41) is 6.21. The predicted molar refractivity (Wildman–Crippen MR) is 140 cm³/mol. The number of anilines is 1. The number of hydrogen-bond donors (Lipinski definition) is 2. The van der Waals surface area contributed by atoms with E-state index in [-0.39, 0.29) is 40.3 Å². The molecule has 42 heavy (non-hydrogen) atoms. The van der Waals surface area contributed by atoms with Crippen molar-refractivity contribution in [1.82, 2.24) is 24.7 Å². The topological polar surface area (TPSA) is 118 Å². The van der Waals surface area contributed by atoms with Gasteiger partial charge < -0.3 is 19.4 Å². The lowest BCUT2D eigenvalue weighted by Gasteiger charge is -2.18. The fraction of sp³-hybridized carbons (Fsp3) is 0.185. The van der Waals surface area contributed by atoms with Crippen molar-refractivity contribution in [3.8, 4) is 22.6 Å². The van der Waals surface area contributed by atoms with Gasteiger partial charge >= 0.3 is 11.9 Å². The highest BCUT2D eigenvalue weighted by Crippen LogP contribution is 2.40. The van der Waals surface area contributed by atoms with Crippen molar-refractivity contribution in [3.05, 3.63) is 88.4 Å². The van der Waals surface area contributed by atoms with Crippen LogP contribution in [0.5, 0.6) is 11.5 Å². The van der Waals surface area contributed by atoms with Gasteiger partial charge in [0.15, 0.2) is 23.1 Å². The van der Waals surface area contributed by atoms with Gasteiger partial charge in [-0.1, -0.05) is 0 Å². The summed E-state index contributed by atoms with van der Waals surface area (Å²) in [6, 6.07) is 8.64. The van der Waals surface area contributed by atoms with Crippen LogP contribution in [-0.2, 0) is 24.1 Å². The number of imidazole rings is 1. The molecular weight excluding hydrogens is 567 g/mol. The van der Waals surface area contributed by atoms with E-state index in [9.17, 15) is 27.2 Å². The molecule has 0 aliphatic carbocycles. The fourth-order valence-electron chi connectivity index (χ4n) is 4.31. The third kappa shape index (κ3) is 5.53. The summed E-state index contributed by atoms with van der Waals surface area (Å²) >= 11 is 0. The Morgan fingerprint density at radius 3 is 2.48 bits per heavy atom. The molecule has 0 saturated heterocycles. The molecule has 15 heteroatoms. The average molecular weight is 588 g/mol. The summed E-state index contributed by atoms with van der Waals surface area (Å²) < 4.78 is 82.0. The van der Waals surface area contributed by atoms with Crippen LogP contribution in [0.4, 0.5) is 27.6 Å². The maximum absolute atomic E-state index is 15.3. The number of aromatic amines is 2. The van der Waals surface area contributed by atoms with E-state index < -0.39 is 41.5 Å². The van der Waals surface area contributed by atoms with Gasteiger partial charge in [-0.05, 0) is 54.1 Å². The number of aromatic nitrogens is 5. The van der Waals surface area contributed by atoms with Crippen LogP contribution in [0, 0.1) is 11.6 Å². The van der Waals surface area contributed by atoms with Crippen molar-refractivity contribution in [1.29, 1.82) is 0 Å². The molecule has 0 radical (unpaired) electrons. The number of benzene rings is 3. The molecule has 0 unspecified atom stereocenters. The maximum atomic E-state index is 15.3. The van der Waals surface area contributed by atoms with Crippen LogP contribution >= 0.6 is 0 Å². The van der Waals surface area contributed by atoms with Gasteiger partial charge in [0.2, 0.25) is 5.91 Å². The predicted octanol–water partition coefficient (Wildman–Crippen LogP) is 4.66. The van der Waals surface area contributed by atoms with Crippen LogP contribution in [0.3, 0.4) is 0 Å². The molecule has 2 aromatic heterocycles. The van der Waals surface area contributed by atoms with Gasteiger partial charge in [0.1, 0.15) is 25.3 Å². The van der Waals surface area contributed by atoms with Crippen LogP contribution in [-0.4, -0.2) is 44.8 Å². The molecule has 0 atom stereocenters. The number of hydrogen-bond acceptors (Lipinski definition) is 6. The van der Waals surface area contributed by atoms with E-state index in [0.29, 0.717) is 11.5 Å². The van der Waals surface area contributed by atoms with Crippen molar-refractivity contribution in [2.45, 2.75) is 19.3 Å². The quantitative estimate of drug-likeness (QED) is 0.255. The second-order valence-corrected chi connectivity index (χ2v) is 9.07. The summed E-state index contributed by atoms with van der Waals surface area (Å²) in [7, 11) is 2.60.